The number of carbonyl (C=O) groups excluding carboxylic acids is 1. The minimum absolute atomic E-state index is 0.255. The summed E-state index contributed by atoms with van der Waals surface area (Å²) in [5.74, 6) is 0.255. The second-order valence-electron chi connectivity index (χ2n) is 1.75. The lowest BCUT2D eigenvalue weighted by atomic mass is 10.4. The Kier molecular flexibility index (Phi) is 18.4. The van der Waals surface area contributed by atoms with Crippen LogP contribution in [-0.4, -0.2) is 38.8 Å². The van der Waals surface area contributed by atoms with Crippen molar-refractivity contribution in [3.8, 4) is 0 Å². The third-order valence-electron chi connectivity index (χ3n) is 0.682. The highest BCUT2D eigenvalue weighted by molar-refractivity contribution is 5.74. The van der Waals surface area contributed by atoms with Crippen molar-refractivity contribution < 1.29 is 44.9 Å². The molecule has 15 heavy (non-hydrogen) atoms. The minimum atomic E-state index is -1.80. The Bertz CT molecular complexity index is 173. The lowest BCUT2D eigenvalue weighted by Gasteiger charge is -1.89. The highest BCUT2D eigenvalue weighted by atomic mass is 17.2. The SMILES string of the molecule is CCC(C)=O.O=C(O)OOC(=O)O.OO. The van der Waals surface area contributed by atoms with Crippen LogP contribution in [0.1, 0.15) is 20.3 Å². The van der Waals surface area contributed by atoms with Gasteiger partial charge in [0.2, 0.25) is 0 Å². The Labute approximate surface area is 84.3 Å². The molecular formula is C6H12O9. The van der Waals surface area contributed by atoms with Gasteiger partial charge in [-0.1, -0.05) is 6.92 Å². The zero-order valence-corrected chi connectivity index (χ0v) is 8.04. The maximum Gasteiger partial charge on any atom is 0.547 e. The van der Waals surface area contributed by atoms with Gasteiger partial charge in [-0.25, -0.2) is 19.4 Å². The summed E-state index contributed by atoms with van der Waals surface area (Å²) in [6.45, 7) is 3.43. The van der Waals surface area contributed by atoms with Crippen molar-refractivity contribution in [3.05, 3.63) is 0 Å². The molecule has 0 aromatic carbocycles. The van der Waals surface area contributed by atoms with E-state index < -0.39 is 12.3 Å². The van der Waals surface area contributed by atoms with Crippen LogP contribution in [-0.2, 0) is 14.6 Å². The molecule has 0 aromatic rings. The predicted molar refractivity (Wildman–Crippen MR) is 44.4 cm³/mol. The number of carboxylic acid groups (broad SMARTS) is 2. The first-order valence-electron chi connectivity index (χ1n) is 3.40. The number of carbonyl (C=O) groups is 3. The van der Waals surface area contributed by atoms with E-state index in [0.717, 1.165) is 0 Å². The molecule has 0 aliphatic rings. The van der Waals surface area contributed by atoms with Gasteiger partial charge in [0.05, 0.1) is 0 Å². The summed E-state index contributed by atoms with van der Waals surface area (Å²) < 4.78 is 0. The summed E-state index contributed by atoms with van der Waals surface area (Å²) in [5.41, 5.74) is 0. The second-order valence-corrected chi connectivity index (χ2v) is 1.75. The predicted octanol–water partition coefficient (Wildman–Crippen LogP) is 1.29. The van der Waals surface area contributed by atoms with E-state index in [0.29, 0.717) is 6.42 Å². The topological polar surface area (TPSA) is 151 Å². The van der Waals surface area contributed by atoms with Gasteiger partial charge in [0.15, 0.2) is 0 Å². The summed E-state index contributed by atoms with van der Waals surface area (Å²) >= 11 is 0. The Balaban J connectivity index is -0.000000177. The molecule has 0 unspecified atom stereocenters. The first-order valence-corrected chi connectivity index (χ1v) is 3.40. The fourth-order valence-corrected chi connectivity index (χ4v) is 0.0713. The quantitative estimate of drug-likeness (QED) is 0.384. The van der Waals surface area contributed by atoms with Crippen LogP contribution >= 0.6 is 0 Å². The monoisotopic (exact) mass is 228 g/mol. The Hall–Kier alpha value is -1.87. The molecule has 0 atom stereocenters. The second kappa shape index (κ2) is 14.6. The fraction of sp³-hybridized carbons (Fsp3) is 0.500. The Morgan fingerprint density at radius 3 is 1.27 bits per heavy atom. The van der Waals surface area contributed by atoms with Gasteiger partial charge in [-0.15, -0.1) is 0 Å². The molecule has 0 aliphatic carbocycles. The summed E-state index contributed by atoms with van der Waals surface area (Å²) in [5, 5.41) is 27.1. The first kappa shape index (κ1) is 18.8. The van der Waals surface area contributed by atoms with E-state index in [1.807, 2.05) is 6.92 Å². The van der Waals surface area contributed by atoms with Crippen molar-refractivity contribution in [3.63, 3.8) is 0 Å². The highest BCUT2D eigenvalue weighted by Gasteiger charge is 2.01. The molecule has 0 aromatic heterocycles. The van der Waals surface area contributed by atoms with Crippen LogP contribution in [0, 0.1) is 0 Å². The maximum absolute atomic E-state index is 9.81. The Morgan fingerprint density at radius 1 is 1.00 bits per heavy atom. The van der Waals surface area contributed by atoms with E-state index in [1.54, 1.807) is 6.92 Å². The third kappa shape index (κ3) is 47.3. The average Bonchev–Trinajstić information content (AvgIpc) is 2.19. The van der Waals surface area contributed by atoms with Crippen LogP contribution < -0.4 is 0 Å². The summed E-state index contributed by atoms with van der Waals surface area (Å²) in [6, 6.07) is 0. The molecular weight excluding hydrogens is 216 g/mol. The molecule has 90 valence electrons. The maximum atomic E-state index is 9.81. The first-order chi connectivity index (χ1) is 6.90. The molecule has 0 aliphatic heterocycles. The average molecular weight is 228 g/mol. The van der Waals surface area contributed by atoms with E-state index in [9.17, 15) is 14.4 Å². The van der Waals surface area contributed by atoms with Crippen LogP contribution in [0.2, 0.25) is 0 Å². The van der Waals surface area contributed by atoms with Crippen LogP contribution in [0.15, 0.2) is 0 Å². The summed E-state index contributed by atoms with van der Waals surface area (Å²) in [6.07, 6.45) is -2.93. The van der Waals surface area contributed by atoms with Gasteiger partial charge in [0.25, 0.3) is 0 Å². The van der Waals surface area contributed by atoms with E-state index in [-0.39, 0.29) is 5.78 Å². The van der Waals surface area contributed by atoms with Gasteiger partial charge in [0.1, 0.15) is 5.78 Å². The molecule has 4 N–H and O–H groups in total. The number of ketones is 1. The van der Waals surface area contributed by atoms with Crippen molar-refractivity contribution >= 4 is 18.1 Å². The van der Waals surface area contributed by atoms with Gasteiger partial charge in [0, 0.05) is 6.42 Å². The molecule has 0 spiro atoms. The van der Waals surface area contributed by atoms with Crippen LogP contribution in [0.4, 0.5) is 9.59 Å². The van der Waals surface area contributed by atoms with E-state index in [2.05, 4.69) is 9.78 Å². The lowest BCUT2D eigenvalue weighted by Crippen LogP contribution is -2.05. The van der Waals surface area contributed by atoms with E-state index >= 15 is 0 Å². The molecule has 0 fully saturated rings. The standard InChI is InChI=1S/C4H8O.C2H2O6.H2O2/c1-3-4(2)5;3-1(4)7-8-2(5)6;1-2/h3H2,1-2H3;(H,3,4)(H,5,6);1-2H. The van der Waals surface area contributed by atoms with Crippen LogP contribution in [0.5, 0.6) is 0 Å². The number of hydrogen-bond acceptors (Lipinski definition) is 7. The fourth-order valence-electron chi connectivity index (χ4n) is 0.0713. The van der Waals surface area contributed by atoms with Crippen molar-refractivity contribution in [2.45, 2.75) is 20.3 Å². The summed E-state index contributed by atoms with van der Waals surface area (Å²) in [4.78, 5) is 34.6. The molecule has 0 saturated carbocycles. The molecule has 0 bridgehead atoms. The molecule has 0 heterocycles. The van der Waals surface area contributed by atoms with Gasteiger partial charge < -0.3 is 15.0 Å². The molecule has 0 saturated heterocycles. The zero-order valence-electron chi connectivity index (χ0n) is 8.04. The van der Waals surface area contributed by atoms with Crippen molar-refractivity contribution in [2.75, 3.05) is 0 Å². The van der Waals surface area contributed by atoms with Crippen molar-refractivity contribution in [2.24, 2.45) is 0 Å². The van der Waals surface area contributed by atoms with Gasteiger partial charge in [-0.2, -0.15) is 0 Å². The number of rotatable bonds is 1. The highest BCUT2D eigenvalue weighted by Crippen LogP contribution is 1.78. The van der Waals surface area contributed by atoms with E-state index in [4.69, 9.17) is 20.7 Å². The van der Waals surface area contributed by atoms with Crippen molar-refractivity contribution in [1.29, 1.82) is 0 Å². The zero-order chi connectivity index (χ0) is 12.9. The third-order valence-corrected chi connectivity index (χ3v) is 0.682. The number of hydrogen-bond donors (Lipinski definition) is 4. The van der Waals surface area contributed by atoms with Gasteiger partial charge >= 0.3 is 12.3 Å². The molecule has 0 radical (unpaired) electrons. The van der Waals surface area contributed by atoms with Gasteiger partial charge in [-0.05, 0) is 6.92 Å². The number of Topliss-reactive ketones (excluding diaryl/α,β-unsaturated/α-hetero) is 1. The van der Waals surface area contributed by atoms with Crippen molar-refractivity contribution in [1.82, 2.24) is 0 Å². The molecule has 0 amide bonds. The minimum Gasteiger partial charge on any atom is -0.447 e. The summed E-state index contributed by atoms with van der Waals surface area (Å²) in [7, 11) is 0. The van der Waals surface area contributed by atoms with Crippen LogP contribution in [0.3, 0.4) is 0 Å². The smallest absolute Gasteiger partial charge is 0.447 e. The largest absolute Gasteiger partial charge is 0.547 e. The van der Waals surface area contributed by atoms with Crippen LogP contribution in [0.25, 0.3) is 0 Å². The van der Waals surface area contributed by atoms with Gasteiger partial charge in [-0.3, -0.25) is 10.5 Å². The van der Waals surface area contributed by atoms with E-state index in [1.165, 1.54) is 0 Å². The molecule has 9 nitrogen and oxygen atoms in total. The normalized spacial score (nSPS) is 6.93. The lowest BCUT2D eigenvalue weighted by molar-refractivity contribution is -0.208. The molecule has 0 rings (SSSR count). The Morgan fingerprint density at radius 2 is 1.20 bits per heavy atom. The molecule has 9 heteroatoms.